The summed E-state index contributed by atoms with van der Waals surface area (Å²) in [6, 6.07) is 7.51. The van der Waals surface area contributed by atoms with Gasteiger partial charge in [0.2, 0.25) is 5.91 Å². The van der Waals surface area contributed by atoms with Crippen LogP contribution in [0.3, 0.4) is 0 Å². The van der Waals surface area contributed by atoms with E-state index in [1.807, 2.05) is 52.0 Å². The molecule has 0 aliphatic carbocycles. The Kier molecular flexibility index (Phi) is 7.69. The summed E-state index contributed by atoms with van der Waals surface area (Å²) >= 11 is 0. The fourth-order valence-electron chi connectivity index (χ4n) is 3.25. The van der Waals surface area contributed by atoms with Crippen molar-refractivity contribution in [1.82, 2.24) is 15.5 Å². The number of likely N-dealkylation sites (tertiary alicyclic amines) is 1. The van der Waals surface area contributed by atoms with Gasteiger partial charge in [-0.25, -0.2) is 4.79 Å². The van der Waals surface area contributed by atoms with Gasteiger partial charge in [-0.1, -0.05) is 18.2 Å². The molecule has 156 valence electrons. The third-order valence-corrected chi connectivity index (χ3v) is 4.82. The maximum Gasteiger partial charge on any atom is 0.407 e. The second kappa shape index (κ2) is 9.78. The number of para-hydroxylation sites is 1. The van der Waals surface area contributed by atoms with Crippen molar-refractivity contribution < 1.29 is 19.1 Å². The zero-order valence-electron chi connectivity index (χ0n) is 17.6. The standard InChI is InChI=1S/C21H33N3O4/c1-15(19(25)22-14-16-8-6-7-9-18(16)27-5)24-12-10-17(11-13-24)23-20(26)28-21(2,3)4/h6-9,15,17H,10-14H2,1-5H3,(H,22,25)(H,23,26). The topological polar surface area (TPSA) is 79.9 Å². The highest BCUT2D eigenvalue weighted by Gasteiger charge is 2.28. The van der Waals surface area contributed by atoms with Gasteiger partial charge in [0.1, 0.15) is 11.4 Å². The Hall–Kier alpha value is -2.28. The van der Waals surface area contributed by atoms with Crippen molar-refractivity contribution in [3.63, 3.8) is 0 Å². The largest absolute Gasteiger partial charge is 0.496 e. The highest BCUT2D eigenvalue weighted by molar-refractivity contribution is 5.81. The number of methoxy groups -OCH3 is 1. The number of nitrogens with one attached hydrogen (secondary N) is 2. The van der Waals surface area contributed by atoms with Crippen molar-refractivity contribution in [1.29, 1.82) is 0 Å². The normalized spacial score (nSPS) is 16.9. The molecule has 1 aliphatic rings. The molecule has 2 N–H and O–H groups in total. The van der Waals surface area contributed by atoms with Crippen molar-refractivity contribution in [3.8, 4) is 5.75 Å². The summed E-state index contributed by atoms with van der Waals surface area (Å²) < 4.78 is 10.6. The van der Waals surface area contributed by atoms with Crippen LogP contribution in [0.25, 0.3) is 0 Å². The van der Waals surface area contributed by atoms with Gasteiger partial charge in [-0.3, -0.25) is 9.69 Å². The maximum absolute atomic E-state index is 12.5. The summed E-state index contributed by atoms with van der Waals surface area (Å²) in [5.41, 5.74) is 0.449. The fraction of sp³-hybridized carbons (Fsp3) is 0.619. The number of hydrogen-bond acceptors (Lipinski definition) is 5. The molecule has 0 radical (unpaired) electrons. The first kappa shape index (κ1) is 22.0. The van der Waals surface area contributed by atoms with Crippen LogP contribution in [0.4, 0.5) is 4.79 Å². The van der Waals surface area contributed by atoms with Gasteiger partial charge in [0.15, 0.2) is 0 Å². The summed E-state index contributed by atoms with van der Waals surface area (Å²) in [5.74, 6) is 0.758. The van der Waals surface area contributed by atoms with Crippen LogP contribution < -0.4 is 15.4 Å². The van der Waals surface area contributed by atoms with Gasteiger partial charge in [-0.15, -0.1) is 0 Å². The highest BCUT2D eigenvalue weighted by Crippen LogP contribution is 2.18. The minimum absolute atomic E-state index is 0.00976. The van der Waals surface area contributed by atoms with Crippen LogP contribution in [0, 0.1) is 0 Å². The molecule has 0 saturated carbocycles. The van der Waals surface area contributed by atoms with E-state index in [4.69, 9.17) is 9.47 Å². The van der Waals surface area contributed by atoms with Gasteiger partial charge in [0.05, 0.1) is 13.2 Å². The average Bonchev–Trinajstić information content (AvgIpc) is 2.64. The van der Waals surface area contributed by atoms with Gasteiger partial charge < -0.3 is 20.1 Å². The Morgan fingerprint density at radius 2 is 1.86 bits per heavy atom. The lowest BCUT2D eigenvalue weighted by atomic mass is 10.0. The number of hydrogen-bond donors (Lipinski definition) is 2. The van der Waals surface area contributed by atoms with E-state index in [2.05, 4.69) is 15.5 Å². The smallest absolute Gasteiger partial charge is 0.407 e. The van der Waals surface area contributed by atoms with E-state index in [-0.39, 0.29) is 24.1 Å². The lowest BCUT2D eigenvalue weighted by Crippen LogP contribution is -2.52. The van der Waals surface area contributed by atoms with Crippen molar-refractivity contribution >= 4 is 12.0 Å². The molecule has 2 rings (SSSR count). The van der Waals surface area contributed by atoms with Crippen LogP contribution in [-0.4, -0.2) is 54.8 Å². The fourth-order valence-corrected chi connectivity index (χ4v) is 3.25. The average molecular weight is 392 g/mol. The lowest BCUT2D eigenvalue weighted by Gasteiger charge is -2.35. The van der Waals surface area contributed by atoms with Gasteiger partial charge in [0, 0.05) is 31.2 Å². The summed E-state index contributed by atoms with van der Waals surface area (Å²) in [7, 11) is 1.62. The Morgan fingerprint density at radius 3 is 2.46 bits per heavy atom. The summed E-state index contributed by atoms with van der Waals surface area (Å²) in [6.45, 7) is 9.40. The molecule has 0 aromatic heterocycles. The second-order valence-electron chi connectivity index (χ2n) is 8.16. The molecular weight excluding hydrogens is 358 g/mol. The number of amides is 2. The first-order valence-corrected chi connectivity index (χ1v) is 9.83. The van der Waals surface area contributed by atoms with E-state index >= 15 is 0 Å². The molecule has 1 aliphatic heterocycles. The monoisotopic (exact) mass is 391 g/mol. The van der Waals surface area contributed by atoms with Gasteiger partial charge in [0.25, 0.3) is 0 Å². The Bertz CT molecular complexity index is 664. The lowest BCUT2D eigenvalue weighted by molar-refractivity contribution is -0.126. The molecule has 1 aromatic carbocycles. The van der Waals surface area contributed by atoms with Crippen LogP contribution in [0.5, 0.6) is 5.75 Å². The molecule has 1 heterocycles. The summed E-state index contributed by atoms with van der Waals surface area (Å²) in [6.07, 6.45) is 1.21. The minimum Gasteiger partial charge on any atom is -0.496 e. The molecule has 1 saturated heterocycles. The van der Waals surface area contributed by atoms with Crippen LogP contribution in [0.15, 0.2) is 24.3 Å². The minimum atomic E-state index is -0.501. The van der Waals surface area contributed by atoms with Crippen LogP contribution >= 0.6 is 0 Å². The molecule has 7 heteroatoms. The van der Waals surface area contributed by atoms with Gasteiger partial charge in [-0.2, -0.15) is 0 Å². The molecule has 1 aromatic rings. The first-order valence-electron chi connectivity index (χ1n) is 9.83. The van der Waals surface area contributed by atoms with E-state index in [0.29, 0.717) is 6.54 Å². The van der Waals surface area contributed by atoms with E-state index in [1.54, 1.807) is 7.11 Å². The van der Waals surface area contributed by atoms with E-state index in [1.165, 1.54) is 0 Å². The van der Waals surface area contributed by atoms with Crippen LogP contribution in [-0.2, 0) is 16.1 Å². The quantitative estimate of drug-likeness (QED) is 0.779. The second-order valence-corrected chi connectivity index (χ2v) is 8.16. The van der Waals surface area contributed by atoms with E-state index in [9.17, 15) is 9.59 Å². The van der Waals surface area contributed by atoms with Crippen molar-refractivity contribution in [2.75, 3.05) is 20.2 Å². The maximum atomic E-state index is 12.5. The number of carbonyl (C=O) groups excluding carboxylic acids is 2. The van der Waals surface area contributed by atoms with Crippen LogP contribution in [0.1, 0.15) is 46.1 Å². The molecule has 0 spiro atoms. The zero-order valence-corrected chi connectivity index (χ0v) is 17.6. The Labute approximate surface area is 167 Å². The number of rotatable bonds is 6. The van der Waals surface area contributed by atoms with Crippen molar-refractivity contribution in [3.05, 3.63) is 29.8 Å². The summed E-state index contributed by atoms with van der Waals surface area (Å²) in [5, 5.41) is 5.91. The Balaban J connectivity index is 1.77. The van der Waals surface area contributed by atoms with Crippen LogP contribution in [0.2, 0.25) is 0 Å². The molecular formula is C21H33N3O4. The first-order chi connectivity index (χ1) is 13.2. The molecule has 1 fully saturated rings. The zero-order chi connectivity index (χ0) is 20.7. The summed E-state index contributed by atoms with van der Waals surface area (Å²) in [4.78, 5) is 26.6. The van der Waals surface area contributed by atoms with Crippen molar-refractivity contribution in [2.45, 2.75) is 64.8 Å². The SMILES string of the molecule is COc1ccccc1CNC(=O)C(C)N1CCC(NC(=O)OC(C)(C)C)CC1. The predicted molar refractivity (Wildman–Crippen MR) is 108 cm³/mol. The Morgan fingerprint density at radius 1 is 1.21 bits per heavy atom. The third-order valence-electron chi connectivity index (χ3n) is 4.82. The molecule has 0 bridgehead atoms. The highest BCUT2D eigenvalue weighted by atomic mass is 16.6. The number of benzene rings is 1. The van der Waals surface area contributed by atoms with Crippen molar-refractivity contribution in [2.24, 2.45) is 0 Å². The van der Waals surface area contributed by atoms with Gasteiger partial charge in [-0.05, 0) is 46.6 Å². The molecule has 7 nitrogen and oxygen atoms in total. The molecule has 2 amide bonds. The molecule has 1 atom stereocenters. The predicted octanol–water partition coefficient (Wildman–Crippen LogP) is 2.69. The van der Waals surface area contributed by atoms with Gasteiger partial charge >= 0.3 is 6.09 Å². The molecule has 1 unspecified atom stereocenters. The number of carbonyl (C=O) groups is 2. The van der Waals surface area contributed by atoms with E-state index in [0.717, 1.165) is 37.2 Å². The number of ether oxygens (including phenoxy) is 2. The number of nitrogens with zero attached hydrogens (tertiary/aromatic N) is 1. The third kappa shape index (κ3) is 6.71. The number of alkyl carbamates (subject to hydrolysis) is 1. The molecule has 28 heavy (non-hydrogen) atoms. The van der Waals surface area contributed by atoms with E-state index < -0.39 is 5.60 Å². The number of piperidine rings is 1.